The molecule has 30 heavy (non-hydrogen) atoms. The summed E-state index contributed by atoms with van der Waals surface area (Å²) in [6.07, 6.45) is 0. The SMILES string of the molecule is CC(=O)c1ccc(C#N)c(N2CCN(Cc3nc(-c4ccc(C)cc4)no3)CC2)c1. The van der Waals surface area contributed by atoms with Crippen LogP contribution in [0.25, 0.3) is 11.4 Å². The van der Waals surface area contributed by atoms with E-state index < -0.39 is 0 Å². The molecular weight excluding hydrogens is 378 g/mol. The Kier molecular flexibility index (Phi) is 5.59. The largest absolute Gasteiger partial charge is 0.368 e. The maximum atomic E-state index is 11.7. The van der Waals surface area contributed by atoms with Crippen LogP contribution in [0.5, 0.6) is 0 Å². The lowest BCUT2D eigenvalue weighted by Crippen LogP contribution is -2.46. The second-order valence-corrected chi connectivity index (χ2v) is 7.54. The molecule has 7 heteroatoms. The molecule has 152 valence electrons. The molecule has 0 amide bonds. The van der Waals surface area contributed by atoms with Crippen molar-refractivity contribution in [2.45, 2.75) is 20.4 Å². The first kappa shape index (κ1) is 19.8. The molecule has 2 aromatic carbocycles. The van der Waals surface area contributed by atoms with E-state index in [1.165, 1.54) is 5.56 Å². The van der Waals surface area contributed by atoms with Crippen molar-refractivity contribution >= 4 is 11.5 Å². The van der Waals surface area contributed by atoms with Crippen molar-refractivity contribution < 1.29 is 9.32 Å². The zero-order valence-corrected chi connectivity index (χ0v) is 17.1. The third kappa shape index (κ3) is 4.24. The summed E-state index contributed by atoms with van der Waals surface area (Å²) < 4.78 is 5.45. The van der Waals surface area contributed by atoms with E-state index in [2.05, 4.69) is 26.0 Å². The van der Waals surface area contributed by atoms with Crippen LogP contribution in [-0.4, -0.2) is 47.0 Å². The Morgan fingerprint density at radius 1 is 1.13 bits per heavy atom. The van der Waals surface area contributed by atoms with E-state index in [-0.39, 0.29) is 5.78 Å². The average Bonchev–Trinajstić information content (AvgIpc) is 3.22. The van der Waals surface area contributed by atoms with E-state index in [1.54, 1.807) is 19.1 Å². The van der Waals surface area contributed by atoms with Crippen LogP contribution in [0.15, 0.2) is 47.0 Å². The average molecular weight is 401 g/mol. The van der Waals surface area contributed by atoms with Gasteiger partial charge in [-0.15, -0.1) is 0 Å². The highest BCUT2D eigenvalue weighted by molar-refractivity contribution is 5.95. The Hall–Kier alpha value is -3.50. The number of Topliss-reactive ketones (excluding diaryl/α,β-unsaturated/α-hetero) is 1. The van der Waals surface area contributed by atoms with E-state index in [4.69, 9.17) is 4.52 Å². The van der Waals surface area contributed by atoms with Gasteiger partial charge in [0.1, 0.15) is 6.07 Å². The number of aryl methyl sites for hydroxylation is 1. The zero-order valence-electron chi connectivity index (χ0n) is 17.1. The van der Waals surface area contributed by atoms with Gasteiger partial charge in [-0.1, -0.05) is 35.0 Å². The van der Waals surface area contributed by atoms with Crippen molar-refractivity contribution in [1.82, 2.24) is 15.0 Å². The zero-order chi connectivity index (χ0) is 21.1. The van der Waals surface area contributed by atoms with Gasteiger partial charge >= 0.3 is 0 Å². The Morgan fingerprint density at radius 3 is 2.53 bits per heavy atom. The van der Waals surface area contributed by atoms with Crippen molar-refractivity contribution in [3.8, 4) is 17.5 Å². The smallest absolute Gasteiger partial charge is 0.241 e. The minimum Gasteiger partial charge on any atom is -0.368 e. The van der Waals surface area contributed by atoms with Crippen molar-refractivity contribution in [2.24, 2.45) is 0 Å². The quantitative estimate of drug-likeness (QED) is 0.605. The highest BCUT2D eigenvalue weighted by atomic mass is 16.5. The third-order valence-electron chi connectivity index (χ3n) is 5.37. The monoisotopic (exact) mass is 401 g/mol. The van der Waals surface area contributed by atoms with E-state index in [1.807, 2.05) is 37.3 Å². The Morgan fingerprint density at radius 2 is 1.87 bits per heavy atom. The van der Waals surface area contributed by atoms with Gasteiger partial charge in [0.25, 0.3) is 0 Å². The summed E-state index contributed by atoms with van der Waals surface area (Å²) >= 11 is 0. The predicted octanol–water partition coefficient (Wildman–Crippen LogP) is 3.44. The number of aromatic nitrogens is 2. The van der Waals surface area contributed by atoms with Crippen LogP contribution in [-0.2, 0) is 6.54 Å². The Balaban J connectivity index is 1.40. The van der Waals surface area contributed by atoms with Crippen molar-refractivity contribution in [1.29, 1.82) is 5.26 Å². The molecule has 1 fully saturated rings. The molecule has 0 radical (unpaired) electrons. The number of anilines is 1. The second-order valence-electron chi connectivity index (χ2n) is 7.54. The summed E-state index contributed by atoms with van der Waals surface area (Å²) in [4.78, 5) is 20.7. The maximum Gasteiger partial charge on any atom is 0.241 e. The lowest BCUT2D eigenvalue weighted by Gasteiger charge is -2.35. The maximum absolute atomic E-state index is 11.7. The first-order valence-electron chi connectivity index (χ1n) is 9.95. The summed E-state index contributed by atoms with van der Waals surface area (Å²) in [7, 11) is 0. The number of carbonyl (C=O) groups excluding carboxylic acids is 1. The van der Waals surface area contributed by atoms with Gasteiger partial charge in [-0.25, -0.2) is 0 Å². The molecule has 0 unspecified atom stereocenters. The van der Waals surface area contributed by atoms with Gasteiger partial charge in [-0.3, -0.25) is 9.69 Å². The number of nitriles is 1. The standard InChI is InChI=1S/C23H23N5O2/c1-16-3-5-18(6-4-16)23-25-22(30-26-23)15-27-9-11-28(12-10-27)21-13-19(17(2)29)7-8-20(21)14-24/h3-8,13H,9-12,15H2,1-2H3. The van der Waals surface area contributed by atoms with E-state index in [9.17, 15) is 10.1 Å². The summed E-state index contributed by atoms with van der Waals surface area (Å²) in [5.41, 5.74) is 4.17. The predicted molar refractivity (Wildman–Crippen MR) is 113 cm³/mol. The number of ketones is 1. The lowest BCUT2D eigenvalue weighted by atomic mass is 10.1. The summed E-state index contributed by atoms with van der Waals surface area (Å²) in [6, 6.07) is 15.5. The molecule has 1 aromatic heterocycles. The topological polar surface area (TPSA) is 86.3 Å². The Bertz CT molecular complexity index is 1090. The molecule has 0 N–H and O–H groups in total. The first-order valence-corrected chi connectivity index (χ1v) is 9.95. The van der Waals surface area contributed by atoms with Gasteiger partial charge in [0.15, 0.2) is 5.78 Å². The minimum absolute atomic E-state index is 0.000139. The Labute approximate surface area is 175 Å². The molecule has 7 nitrogen and oxygen atoms in total. The first-order chi connectivity index (χ1) is 14.5. The van der Waals surface area contributed by atoms with Crippen LogP contribution in [0.1, 0.15) is 34.3 Å². The van der Waals surface area contributed by atoms with Crippen molar-refractivity contribution in [2.75, 3.05) is 31.1 Å². The number of nitrogens with zero attached hydrogens (tertiary/aromatic N) is 5. The fourth-order valence-electron chi connectivity index (χ4n) is 3.58. The van der Waals surface area contributed by atoms with Crippen LogP contribution >= 0.6 is 0 Å². The highest BCUT2D eigenvalue weighted by Crippen LogP contribution is 2.24. The van der Waals surface area contributed by atoms with Crippen LogP contribution in [0.2, 0.25) is 0 Å². The molecule has 2 heterocycles. The van der Waals surface area contributed by atoms with Gasteiger partial charge in [0, 0.05) is 37.3 Å². The van der Waals surface area contributed by atoms with E-state index in [0.717, 1.165) is 37.4 Å². The summed E-state index contributed by atoms with van der Waals surface area (Å²) in [6.45, 7) is 7.30. The molecule has 0 atom stereocenters. The van der Waals surface area contributed by atoms with Gasteiger partial charge in [-0.05, 0) is 32.0 Å². The van der Waals surface area contributed by atoms with Gasteiger partial charge in [0.2, 0.25) is 11.7 Å². The van der Waals surface area contributed by atoms with Crippen molar-refractivity contribution in [3.05, 3.63) is 65.0 Å². The number of piperazine rings is 1. The molecule has 0 saturated carbocycles. The number of benzene rings is 2. The molecule has 0 spiro atoms. The van der Waals surface area contributed by atoms with E-state index >= 15 is 0 Å². The van der Waals surface area contributed by atoms with Crippen LogP contribution in [0.4, 0.5) is 5.69 Å². The van der Waals surface area contributed by atoms with Crippen LogP contribution in [0.3, 0.4) is 0 Å². The summed E-state index contributed by atoms with van der Waals surface area (Å²) in [5, 5.41) is 13.5. The number of rotatable bonds is 5. The van der Waals surface area contributed by atoms with Gasteiger partial charge in [0.05, 0.1) is 17.8 Å². The molecule has 1 aliphatic heterocycles. The third-order valence-corrected chi connectivity index (χ3v) is 5.37. The molecule has 1 saturated heterocycles. The fourth-order valence-corrected chi connectivity index (χ4v) is 3.58. The molecular formula is C23H23N5O2. The molecule has 1 aliphatic rings. The number of hydrogen-bond acceptors (Lipinski definition) is 7. The van der Waals surface area contributed by atoms with Gasteiger partial charge in [-0.2, -0.15) is 10.2 Å². The minimum atomic E-state index is 0.000139. The normalized spacial score (nSPS) is 14.5. The van der Waals surface area contributed by atoms with Crippen molar-refractivity contribution in [3.63, 3.8) is 0 Å². The number of hydrogen-bond donors (Lipinski definition) is 0. The highest BCUT2D eigenvalue weighted by Gasteiger charge is 2.22. The van der Waals surface area contributed by atoms with Crippen LogP contribution in [0, 0.1) is 18.3 Å². The molecule has 0 aliphatic carbocycles. The number of carbonyl (C=O) groups is 1. The molecule has 3 aromatic rings. The van der Waals surface area contributed by atoms with Crippen LogP contribution < -0.4 is 4.90 Å². The summed E-state index contributed by atoms with van der Waals surface area (Å²) in [5.74, 6) is 1.19. The molecule has 4 rings (SSSR count). The van der Waals surface area contributed by atoms with E-state index in [0.29, 0.717) is 29.4 Å². The fraction of sp³-hybridized carbons (Fsp3) is 0.304. The molecule has 0 bridgehead atoms. The lowest BCUT2D eigenvalue weighted by molar-refractivity contribution is 0.101. The second kappa shape index (κ2) is 8.47. The van der Waals surface area contributed by atoms with Gasteiger partial charge < -0.3 is 9.42 Å².